The van der Waals surface area contributed by atoms with Crippen molar-refractivity contribution in [3.05, 3.63) is 47.8 Å². The Kier molecular flexibility index (Phi) is 9.79. The smallest absolute Gasteiger partial charge is 0.476 e. The number of anilines is 2. The summed E-state index contributed by atoms with van der Waals surface area (Å²) in [6.45, 7) is 4.14. The molecule has 0 bridgehead atoms. The number of aryl methyl sites for hydroxylation is 1. The standard InChI is InChI=1S/C19H28N4O4S.H2O/c1-3-4-5-9-12-19-22-18(14-17(20)23(19)27-28(24,25)26)21-15(2)13-16-10-7-6-8-11-16;/h6-8,10-11,14-15H,3-5,9,12-13H2,1-2H3,(H3,20,21,24,25,26);1H2. The van der Waals surface area contributed by atoms with Gasteiger partial charge in [0.1, 0.15) is 0 Å². The zero-order valence-electron chi connectivity index (χ0n) is 16.8. The van der Waals surface area contributed by atoms with Crippen molar-refractivity contribution in [3.63, 3.8) is 0 Å². The van der Waals surface area contributed by atoms with Gasteiger partial charge in [0.25, 0.3) is 11.6 Å². The lowest BCUT2D eigenvalue weighted by atomic mass is 10.1. The van der Waals surface area contributed by atoms with Crippen LogP contribution in [0.1, 0.15) is 50.9 Å². The minimum absolute atomic E-state index is 0. The second kappa shape index (κ2) is 11.5. The summed E-state index contributed by atoms with van der Waals surface area (Å²) in [4.78, 5) is 4.47. The third-order valence-electron chi connectivity index (χ3n) is 4.20. The van der Waals surface area contributed by atoms with Crippen LogP contribution in [0.4, 0.5) is 11.6 Å². The van der Waals surface area contributed by atoms with E-state index in [1.807, 2.05) is 25.1 Å². The summed E-state index contributed by atoms with van der Waals surface area (Å²) in [6.07, 6.45) is 5.20. The topological polar surface area (TPSA) is 148 Å². The minimum atomic E-state index is -4.71. The fourth-order valence-corrected chi connectivity index (χ4v) is 3.32. The lowest BCUT2D eigenvalue weighted by Crippen LogP contribution is -2.51. The summed E-state index contributed by atoms with van der Waals surface area (Å²) in [5.74, 6) is 0.900. The van der Waals surface area contributed by atoms with Crippen molar-refractivity contribution < 1.29 is 27.5 Å². The minimum Gasteiger partial charge on any atom is -0.870 e. The Morgan fingerprint density at radius 2 is 1.93 bits per heavy atom. The first-order chi connectivity index (χ1) is 13.3. The van der Waals surface area contributed by atoms with Gasteiger partial charge in [0.2, 0.25) is 5.82 Å². The lowest BCUT2D eigenvalue weighted by molar-refractivity contribution is -0.853. The molecule has 0 spiro atoms. The van der Waals surface area contributed by atoms with Crippen molar-refractivity contribution in [1.29, 1.82) is 0 Å². The van der Waals surface area contributed by atoms with Crippen molar-refractivity contribution in [2.24, 2.45) is 0 Å². The molecule has 29 heavy (non-hydrogen) atoms. The second-order valence-electron chi connectivity index (χ2n) is 6.82. The van der Waals surface area contributed by atoms with E-state index in [9.17, 15) is 8.42 Å². The van der Waals surface area contributed by atoms with Gasteiger partial charge in [0, 0.05) is 12.5 Å². The Morgan fingerprint density at radius 1 is 1.24 bits per heavy atom. The normalized spacial score (nSPS) is 12.1. The fourth-order valence-electron chi connectivity index (χ4n) is 2.96. The first kappa shape index (κ1) is 24.6. The largest absolute Gasteiger partial charge is 0.870 e. The van der Waals surface area contributed by atoms with E-state index >= 15 is 0 Å². The molecule has 0 saturated heterocycles. The van der Waals surface area contributed by atoms with E-state index in [0.29, 0.717) is 18.1 Å². The van der Waals surface area contributed by atoms with Crippen LogP contribution in [-0.2, 0) is 23.2 Å². The molecule has 1 atom stereocenters. The highest BCUT2D eigenvalue weighted by molar-refractivity contribution is 7.80. The molecule has 1 aromatic carbocycles. The van der Waals surface area contributed by atoms with E-state index in [2.05, 4.69) is 33.6 Å². The zero-order valence-corrected chi connectivity index (χ0v) is 17.6. The van der Waals surface area contributed by atoms with Crippen molar-refractivity contribution in [2.45, 2.75) is 58.4 Å². The predicted octanol–water partition coefficient (Wildman–Crippen LogP) is 2.17. The van der Waals surface area contributed by atoms with Crippen LogP contribution in [0.5, 0.6) is 0 Å². The molecule has 9 nitrogen and oxygen atoms in total. The van der Waals surface area contributed by atoms with Crippen LogP contribution in [0.2, 0.25) is 0 Å². The number of nitrogen functional groups attached to an aromatic ring is 1. The molecular formula is C19H30N4O5S. The maximum absolute atomic E-state index is 11.2. The molecule has 0 aliphatic rings. The van der Waals surface area contributed by atoms with E-state index in [1.165, 1.54) is 11.6 Å². The van der Waals surface area contributed by atoms with E-state index in [-0.39, 0.29) is 17.3 Å². The summed E-state index contributed by atoms with van der Waals surface area (Å²) >= 11 is 0. The lowest BCUT2D eigenvalue weighted by Gasteiger charge is -2.14. The number of nitrogens with two attached hydrogens (primary N) is 1. The maximum atomic E-state index is 11.2. The van der Waals surface area contributed by atoms with Crippen LogP contribution in [0.15, 0.2) is 36.4 Å². The Hall–Kier alpha value is -2.43. The second-order valence-corrected chi connectivity index (χ2v) is 7.83. The molecule has 0 saturated carbocycles. The van der Waals surface area contributed by atoms with Crippen LogP contribution in [0.25, 0.3) is 0 Å². The predicted molar refractivity (Wildman–Crippen MR) is 110 cm³/mol. The van der Waals surface area contributed by atoms with E-state index < -0.39 is 10.4 Å². The van der Waals surface area contributed by atoms with Crippen LogP contribution in [0, 0.1) is 0 Å². The monoisotopic (exact) mass is 426 g/mol. The van der Waals surface area contributed by atoms with Crippen molar-refractivity contribution in [1.82, 2.24) is 4.98 Å². The molecule has 2 aromatic rings. The Labute approximate surface area is 172 Å². The molecule has 162 valence electrons. The number of hydrogen-bond donors (Lipinski definition) is 3. The molecule has 10 heteroatoms. The molecule has 5 N–H and O–H groups in total. The van der Waals surface area contributed by atoms with Gasteiger partial charge in [-0.3, -0.25) is 4.55 Å². The van der Waals surface area contributed by atoms with Gasteiger partial charge in [-0.1, -0.05) is 61.5 Å². The number of rotatable bonds is 11. The highest BCUT2D eigenvalue weighted by atomic mass is 32.3. The molecule has 1 heterocycles. The van der Waals surface area contributed by atoms with Crippen LogP contribution < -0.4 is 20.1 Å². The van der Waals surface area contributed by atoms with Gasteiger partial charge >= 0.3 is 10.4 Å². The highest BCUT2D eigenvalue weighted by Gasteiger charge is 2.23. The maximum Gasteiger partial charge on any atom is 0.476 e. The molecule has 0 amide bonds. The van der Waals surface area contributed by atoms with Gasteiger partial charge in [0.15, 0.2) is 0 Å². The summed E-state index contributed by atoms with van der Waals surface area (Å²) < 4.78 is 36.8. The van der Waals surface area contributed by atoms with E-state index in [0.717, 1.165) is 36.8 Å². The first-order valence-electron chi connectivity index (χ1n) is 9.47. The highest BCUT2D eigenvalue weighted by Crippen LogP contribution is 2.13. The van der Waals surface area contributed by atoms with Crippen molar-refractivity contribution in [3.8, 4) is 0 Å². The van der Waals surface area contributed by atoms with Gasteiger partial charge < -0.3 is 16.5 Å². The number of nitrogens with zero attached hydrogens (tertiary/aromatic N) is 2. The van der Waals surface area contributed by atoms with Gasteiger partial charge in [-0.2, -0.15) is 8.42 Å². The Bertz CT molecular complexity index is 862. The Balaban J connectivity index is 0.00000420. The van der Waals surface area contributed by atoms with Gasteiger partial charge in [-0.15, -0.1) is 0 Å². The summed E-state index contributed by atoms with van der Waals surface area (Å²) in [5.41, 5.74) is 7.16. The summed E-state index contributed by atoms with van der Waals surface area (Å²) in [5, 5.41) is 3.29. The zero-order chi connectivity index (χ0) is 20.6. The quantitative estimate of drug-likeness (QED) is 0.281. The number of unbranched alkanes of at least 4 members (excludes halogenated alkanes) is 3. The molecule has 0 aliphatic heterocycles. The van der Waals surface area contributed by atoms with Crippen LogP contribution in [-0.4, -0.2) is 29.5 Å². The summed E-state index contributed by atoms with van der Waals surface area (Å²) in [6, 6.07) is 11.6. The average Bonchev–Trinajstić information content (AvgIpc) is 2.61. The van der Waals surface area contributed by atoms with Crippen LogP contribution >= 0.6 is 0 Å². The van der Waals surface area contributed by atoms with Gasteiger partial charge in [-0.25, -0.2) is 4.28 Å². The number of nitrogens with one attached hydrogen (secondary N) is 1. The van der Waals surface area contributed by atoms with Crippen molar-refractivity contribution in [2.75, 3.05) is 11.1 Å². The molecule has 0 radical (unpaired) electrons. The SMILES string of the molecule is CCCCCCc1nc(NC(C)Cc2ccccc2)cc(N)[n+]1OS(=O)(=O)O.[OH-]. The average molecular weight is 427 g/mol. The fraction of sp³-hybridized carbons (Fsp3) is 0.474. The van der Waals surface area contributed by atoms with E-state index in [4.69, 9.17) is 10.3 Å². The molecule has 2 rings (SSSR count). The first-order valence-corrected chi connectivity index (χ1v) is 10.8. The number of hydrogen-bond acceptors (Lipinski definition) is 7. The number of aromatic nitrogens is 2. The van der Waals surface area contributed by atoms with Crippen LogP contribution in [0.3, 0.4) is 0 Å². The van der Waals surface area contributed by atoms with Gasteiger partial charge in [-0.05, 0) is 30.1 Å². The number of benzene rings is 1. The summed E-state index contributed by atoms with van der Waals surface area (Å²) in [7, 11) is -4.71. The molecule has 1 unspecified atom stereocenters. The molecular weight excluding hydrogens is 396 g/mol. The van der Waals surface area contributed by atoms with E-state index in [1.54, 1.807) is 0 Å². The third kappa shape index (κ3) is 8.63. The molecule has 0 aliphatic carbocycles. The Morgan fingerprint density at radius 3 is 2.55 bits per heavy atom. The molecule has 0 fully saturated rings. The third-order valence-corrected chi connectivity index (χ3v) is 4.54. The molecule has 1 aromatic heterocycles. The van der Waals surface area contributed by atoms with Gasteiger partial charge in [0.05, 0.1) is 6.07 Å². The van der Waals surface area contributed by atoms with Crippen molar-refractivity contribution >= 4 is 22.0 Å².